The van der Waals surface area contributed by atoms with Crippen molar-refractivity contribution in [1.82, 2.24) is 0 Å². The van der Waals surface area contributed by atoms with Crippen molar-refractivity contribution in [3.05, 3.63) is 166 Å². The van der Waals surface area contributed by atoms with Gasteiger partial charge in [0.2, 0.25) is 0 Å². The van der Waals surface area contributed by atoms with E-state index >= 15 is 0 Å². The predicted octanol–water partition coefficient (Wildman–Crippen LogP) is 14.3. The molecule has 0 fully saturated rings. The third-order valence-electron chi connectivity index (χ3n) is 14.0. The maximum Gasteiger partial charge on any atom is 0.256 e. The van der Waals surface area contributed by atoms with E-state index in [1.54, 1.807) is 0 Å². The van der Waals surface area contributed by atoms with Crippen LogP contribution in [0.2, 0.25) is 0 Å². The number of benzene rings is 7. The van der Waals surface area contributed by atoms with Crippen LogP contribution in [0, 0.1) is 13.8 Å². The second-order valence-electron chi connectivity index (χ2n) is 22.2. The first kappa shape index (κ1) is 41.0. The molecule has 1 N–H and O–H groups in total. The van der Waals surface area contributed by atoms with Crippen molar-refractivity contribution < 1.29 is 4.74 Å². The SMILES string of the molecule is Cc1cc(C)cc(-c2cc3c4c(c2)Oc2ccc(C(C)(C)C)cc2B4c2cc(N(c4ccc(C(C)(C)C)cc4)c4ccc(C(C)(C)C)cc4)c4c(c2N3)C(C)(C)c2ccccc2-4)c1. The van der Waals surface area contributed by atoms with Crippen LogP contribution in [-0.2, 0) is 21.7 Å². The topological polar surface area (TPSA) is 24.5 Å². The van der Waals surface area contributed by atoms with Crippen molar-refractivity contribution in [1.29, 1.82) is 0 Å². The van der Waals surface area contributed by atoms with Crippen molar-refractivity contribution in [2.45, 2.75) is 112 Å². The summed E-state index contributed by atoms with van der Waals surface area (Å²) in [5.74, 6) is 1.84. The zero-order valence-electron chi connectivity index (χ0n) is 39.6. The summed E-state index contributed by atoms with van der Waals surface area (Å²) >= 11 is 0. The van der Waals surface area contributed by atoms with E-state index in [0.29, 0.717) is 0 Å². The maximum absolute atomic E-state index is 7.06. The van der Waals surface area contributed by atoms with Crippen LogP contribution in [0.1, 0.15) is 115 Å². The highest BCUT2D eigenvalue weighted by Gasteiger charge is 2.47. The highest BCUT2D eigenvalue weighted by atomic mass is 16.5. The summed E-state index contributed by atoms with van der Waals surface area (Å²) in [5.41, 5.74) is 23.3. The largest absolute Gasteiger partial charge is 0.458 e. The van der Waals surface area contributed by atoms with Crippen molar-refractivity contribution in [2.24, 2.45) is 0 Å². The Kier molecular flexibility index (Phi) is 9.12. The first-order valence-electron chi connectivity index (χ1n) is 22.9. The minimum Gasteiger partial charge on any atom is -0.458 e. The highest BCUT2D eigenvalue weighted by molar-refractivity contribution is 6.99. The molecule has 3 nitrogen and oxygen atoms in total. The molecule has 0 spiro atoms. The number of hydrogen-bond acceptors (Lipinski definition) is 3. The van der Waals surface area contributed by atoms with Gasteiger partial charge in [-0.05, 0) is 140 Å². The fraction of sp³-hybridized carbons (Fsp3) is 0.288. The first-order chi connectivity index (χ1) is 29.7. The van der Waals surface area contributed by atoms with Crippen LogP contribution in [-0.4, -0.2) is 6.71 Å². The summed E-state index contributed by atoms with van der Waals surface area (Å²) in [7, 11) is 0. The number of ether oxygens (including phenoxy) is 1. The van der Waals surface area contributed by atoms with Crippen LogP contribution >= 0.6 is 0 Å². The van der Waals surface area contributed by atoms with Crippen LogP contribution < -0.4 is 31.3 Å². The van der Waals surface area contributed by atoms with Gasteiger partial charge in [-0.15, -0.1) is 0 Å². The number of fused-ring (bicyclic) bond motifs is 8. The van der Waals surface area contributed by atoms with E-state index in [1.165, 1.54) is 83.4 Å². The third-order valence-corrected chi connectivity index (χ3v) is 14.0. The Morgan fingerprint density at radius 1 is 0.556 bits per heavy atom. The van der Waals surface area contributed by atoms with E-state index in [1.807, 2.05) is 0 Å². The van der Waals surface area contributed by atoms with Gasteiger partial charge in [-0.25, -0.2) is 0 Å². The van der Waals surface area contributed by atoms with E-state index in [9.17, 15) is 0 Å². The maximum atomic E-state index is 7.06. The molecule has 3 aliphatic rings. The summed E-state index contributed by atoms with van der Waals surface area (Å²) < 4.78 is 7.06. The Labute approximate surface area is 376 Å². The second kappa shape index (κ2) is 14.0. The summed E-state index contributed by atoms with van der Waals surface area (Å²) in [4.78, 5) is 2.53. The van der Waals surface area contributed by atoms with E-state index in [-0.39, 0.29) is 28.4 Å². The molecule has 316 valence electrons. The van der Waals surface area contributed by atoms with Crippen LogP contribution in [0.5, 0.6) is 11.5 Å². The Bertz CT molecular complexity index is 2910. The second-order valence-corrected chi connectivity index (χ2v) is 22.2. The lowest BCUT2D eigenvalue weighted by Gasteiger charge is -2.39. The quantitative estimate of drug-likeness (QED) is 0.179. The lowest BCUT2D eigenvalue weighted by Crippen LogP contribution is -2.59. The van der Waals surface area contributed by atoms with Gasteiger partial charge >= 0.3 is 0 Å². The van der Waals surface area contributed by atoms with Crippen LogP contribution in [0.4, 0.5) is 28.4 Å². The number of aryl methyl sites for hydroxylation is 2. The Hall–Kier alpha value is -6.00. The number of nitrogens with zero attached hydrogens (tertiary/aromatic N) is 1. The van der Waals surface area contributed by atoms with Gasteiger partial charge in [0.05, 0.1) is 5.69 Å². The molecule has 2 aliphatic heterocycles. The molecular weight excluding hydrogens is 763 g/mol. The lowest BCUT2D eigenvalue weighted by atomic mass is 9.33. The average molecular weight is 825 g/mol. The molecule has 0 amide bonds. The van der Waals surface area contributed by atoms with Crippen molar-refractivity contribution >= 4 is 51.5 Å². The van der Waals surface area contributed by atoms with Gasteiger partial charge in [0, 0.05) is 33.7 Å². The zero-order valence-corrected chi connectivity index (χ0v) is 39.6. The van der Waals surface area contributed by atoms with Crippen molar-refractivity contribution in [3.8, 4) is 33.8 Å². The molecule has 10 rings (SSSR count). The lowest BCUT2D eigenvalue weighted by molar-refractivity contribution is 0.486. The molecule has 7 aromatic carbocycles. The summed E-state index contributed by atoms with van der Waals surface area (Å²) in [5, 5.41) is 4.18. The van der Waals surface area contributed by atoms with Crippen LogP contribution in [0.3, 0.4) is 0 Å². The van der Waals surface area contributed by atoms with Gasteiger partial charge in [-0.2, -0.15) is 0 Å². The standard InChI is InChI=1S/C59H61BN2O/c1-35-28-36(2)30-37(29-35)38-31-48-54-51(32-38)63-50-27-22-41(58(9,10)11)33-46(50)60(54)47-34-49(52-44-16-14-15-17-45(44)59(12,13)53(52)55(47)61-48)62(42-23-18-39(19-24-42)56(3,4)5)43-25-20-40(21-26-43)57(6,7)8/h14-34,61H,1-13H3. The van der Waals surface area contributed by atoms with E-state index in [0.717, 1.165) is 34.1 Å². The fourth-order valence-electron chi connectivity index (χ4n) is 10.6. The van der Waals surface area contributed by atoms with Gasteiger partial charge in [0.1, 0.15) is 11.5 Å². The number of hydrogen-bond donors (Lipinski definition) is 1. The molecule has 0 saturated heterocycles. The summed E-state index contributed by atoms with van der Waals surface area (Å²) in [6, 6.07) is 48.6. The molecule has 4 heteroatoms. The predicted molar refractivity (Wildman–Crippen MR) is 271 cm³/mol. The molecule has 0 bridgehead atoms. The Balaban J connectivity index is 1.30. The van der Waals surface area contributed by atoms with E-state index in [2.05, 4.69) is 228 Å². The highest BCUT2D eigenvalue weighted by Crippen LogP contribution is 2.57. The van der Waals surface area contributed by atoms with Gasteiger partial charge < -0.3 is 15.0 Å². The molecular formula is C59H61BN2O. The molecule has 0 unspecified atom stereocenters. The minimum absolute atomic E-state index is 0.0326. The van der Waals surface area contributed by atoms with Gasteiger partial charge in [-0.3, -0.25) is 0 Å². The Morgan fingerprint density at radius 2 is 1.11 bits per heavy atom. The molecule has 0 saturated carbocycles. The molecule has 0 atom stereocenters. The average Bonchev–Trinajstić information content (AvgIpc) is 3.46. The monoisotopic (exact) mass is 824 g/mol. The fourth-order valence-corrected chi connectivity index (χ4v) is 10.6. The molecule has 63 heavy (non-hydrogen) atoms. The van der Waals surface area contributed by atoms with Crippen molar-refractivity contribution in [2.75, 3.05) is 10.2 Å². The van der Waals surface area contributed by atoms with Gasteiger partial charge in [-0.1, -0.05) is 166 Å². The molecule has 2 heterocycles. The zero-order chi connectivity index (χ0) is 44.5. The van der Waals surface area contributed by atoms with Crippen LogP contribution in [0.15, 0.2) is 127 Å². The van der Waals surface area contributed by atoms with E-state index in [4.69, 9.17) is 4.74 Å². The first-order valence-corrected chi connectivity index (χ1v) is 22.9. The number of anilines is 5. The molecule has 1 aliphatic carbocycles. The smallest absolute Gasteiger partial charge is 0.256 e. The van der Waals surface area contributed by atoms with Gasteiger partial charge in [0.15, 0.2) is 0 Å². The molecule has 7 aromatic rings. The number of nitrogens with one attached hydrogen (secondary N) is 1. The Morgan fingerprint density at radius 3 is 1.70 bits per heavy atom. The summed E-state index contributed by atoms with van der Waals surface area (Å²) in [6.45, 7) is 29.8. The van der Waals surface area contributed by atoms with Crippen LogP contribution in [0.25, 0.3) is 22.3 Å². The van der Waals surface area contributed by atoms with Gasteiger partial charge in [0.25, 0.3) is 6.71 Å². The third kappa shape index (κ3) is 6.71. The number of rotatable bonds is 4. The molecule has 0 radical (unpaired) electrons. The normalized spacial score (nSPS) is 14.5. The molecule has 0 aromatic heterocycles. The van der Waals surface area contributed by atoms with Crippen molar-refractivity contribution in [3.63, 3.8) is 0 Å². The minimum atomic E-state index is -0.302. The van der Waals surface area contributed by atoms with E-state index < -0.39 is 0 Å². The summed E-state index contributed by atoms with van der Waals surface area (Å²) in [6.07, 6.45) is 0.